The second kappa shape index (κ2) is 31.7. The smallest absolute Gasteiger partial charge is 0.326 e. The summed E-state index contributed by atoms with van der Waals surface area (Å²) in [6.45, 7) is 4.56. The van der Waals surface area contributed by atoms with Gasteiger partial charge in [0.25, 0.3) is 0 Å². The molecule has 0 saturated carbocycles. The lowest BCUT2D eigenvalue weighted by atomic mass is 10.00. The number of ether oxygens (including phenoxy) is 2. The second-order valence-electron chi connectivity index (χ2n) is 23.3. The van der Waals surface area contributed by atoms with Gasteiger partial charge in [0, 0.05) is 42.7 Å². The molecule has 490 valence electrons. The van der Waals surface area contributed by atoms with Crippen molar-refractivity contribution in [1.29, 1.82) is 0 Å². The summed E-state index contributed by atoms with van der Waals surface area (Å²) in [6, 6.07) is -4.43. The number of carbonyl (C=O) groups excluding carboxylic acids is 13. The molecule has 0 spiro atoms. The number of rotatable bonds is 10. The number of hydrogen-bond donors (Lipinski definition) is 13. The molecule has 5 heterocycles. The summed E-state index contributed by atoms with van der Waals surface area (Å²) >= 11 is 0. The third-order valence-corrected chi connectivity index (χ3v) is 15.7. The van der Waals surface area contributed by atoms with Gasteiger partial charge in [0.15, 0.2) is 0 Å². The number of nitrogens with zero attached hydrogens (tertiary/aromatic N) is 2. The number of nitrogens with two attached hydrogens (primary N) is 1. The Kier molecular flexibility index (Phi) is 24.0. The van der Waals surface area contributed by atoms with Gasteiger partial charge in [-0.05, 0) is 75.5 Å². The van der Waals surface area contributed by atoms with Crippen LogP contribution >= 0.6 is 0 Å². The van der Waals surface area contributed by atoms with E-state index in [4.69, 9.17) is 15.2 Å². The van der Waals surface area contributed by atoms with Crippen molar-refractivity contribution in [2.24, 2.45) is 16.6 Å². The number of aliphatic carboxylic acids is 1. The first-order chi connectivity index (χ1) is 43.3. The highest BCUT2D eigenvalue weighted by atomic mass is 16.5. The predicted octanol–water partition coefficient (Wildman–Crippen LogP) is -3.40. The number of aliphatic imine (C=N–C) groups is 1. The maximum Gasteiger partial charge on any atom is 0.326 e. The molecule has 7 rings (SSSR count). The molecule has 31 nitrogen and oxygen atoms in total. The molecule has 1 aromatic heterocycles. The van der Waals surface area contributed by atoms with Crippen LogP contribution in [0.25, 0.3) is 10.9 Å². The van der Waals surface area contributed by atoms with Gasteiger partial charge in [-0.3, -0.25) is 62.3 Å². The fourth-order valence-corrected chi connectivity index (χ4v) is 10.8. The summed E-state index contributed by atoms with van der Waals surface area (Å²) in [5.74, 6) is -17.1. The number of carbonyl (C=O) groups is 14. The first-order valence-electron chi connectivity index (χ1n) is 30.0. The number of fused-ring (bicyclic) bond motifs is 12. The number of cyclic esters (lactones) is 1. The Morgan fingerprint density at radius 3 is 1.98 bits per heavy atom. The quantitative estimate of drug-likeness (QED) is 0.0880. The zero-order chi connectivity index (χ0) is 66.2. The van der Waals surface area contributed by atoms with Gasteiger partial charge in [-0.1, -0.05) is 62.4 Å². The van der Waals surface area contributed by atoms with E-state index in [0.717, 1.165) is 13.1 Å². The molecule has 3 aromatic rings. The van der Waals surface area contributed by atoms with E-state index in [1.54, 1.807) is 68.4 Å². The van der Waals surface area contributed by atoms with Crippen LogP contribution in [0.3, 0.4) is 0 Å². The molecule has 3 saturated heterocycles. The Balaban J connectivity index is 1.42. The van der Waals surface area contributed by atoms with Crippen molar-refractivity contribution in [3.8, 4) is 0 Å². The van der Waals surface area contributed by atoms with Crippen LogP contribution in [0, 0.1) is 5.92 Å². The number of carboxylic acids is 1. The zero-order valence-electron chi connectivity index (χ0n) is 50.5. The van der Waals surface area contributed by atoms with Crippen LogP contribution in [0.1, 0.15) is 96.6 Å². The number of nitrogens with one attached hydrogen (secondary N) is 10. The van der Waals surface area contributed by atoms with Gasteiger partial charge in [-0.2, -0.15) is 0 Å². The lowest BCUT2D eigenvalue weighted by Gasteiger charge is -2.31. The highest BCUT2D eigenvalue weighted by molar-refractivity contribution is 6.01. The maximum absolute atomic E-state index is 15.1. The highest BCUT2D eigenvalue weighted by Crippen LogP contribution is 2.23. The Morgan fingerprint density at radius 1 is 0.670 bits per heavy atom. The molecule has 31 heteroatoms. The number of aliphatic hydroxyl groups excluding tert-OH is 1. The molecular formula is C60H77N13O18. The van der Waals surface area contributed by atoms with Crippen LogP contribution in [0.15, 0.2) is 65.8 Å². The molecule has 4 aliphatic heterocycles. The van der Waals surface area contributed by atoms with Crippen LogP contribution in [0.2, 0.25) is 0 Å². The Morgan fingerprint density at radius 2 is 1.27 bits per heavy atom. The fourth-order valence-electron chi connectivity index (χ4n) is 10.8. The minimum atomic E-state index is -2.13. The van der Waals surface area contributed by atoms with Gasteiger partial charge in [-0.15, -0.1) is 0 Å². The van der Waals surface area contributed by atoms with Gasteiger partial charge < -0.3 is 83.2 Å². The minimum absolute atomic E-state index is 0.0173. The van der Waals surface area contributed by atoms with Crippen molar-refractivity contribution >= 4 is 100 Å². The van der Waals surface area contributed by atoms with Gasteiger partial charge >= 0.3 is 17.9 Å². The van der Waals surface area contributed by atoms with Crippen molar-refractivity contribution in [2.45, 2.75) is 177 Å². The van der Waals surface area contributed by atoms with Crippen LogP contribution in [-0.2, 0) is 89.4 Å². The molecule has 0 aliphatic carbocycles. The summed E-state index contributed by atoms with van der Waals surface area (Å²) in [7, 11) is 0. The number of benzene rings is 2. The Bertz CT molecular complexity index is 3280. The standard InChI is InChI=1S/C60H77N13O18/c1-29(2)21-37-51(79)64-36-17-10-11-19-62-45(75)24-42(60(88)89)70-54(82)39-25-46(76)90-28-43(71-56(84)44-18-12-20-73(44)59(87)41(69-50(36)78)22-32-13-6-5-7-14-32)55(83)67-40(26-47(77)91-31(4)49(58(86)68-37)72-57(85)48(61)30(3)74)53(81)65-38(52(80)66-39)23-33-27-63-35-16-9-8-15-34(33)35/h5-9,13-16,19,27,29-31,36-44,48-49,63,74H,10-12,17-18,20-26,28,61H2,1-4H3,(H,64,79)(H,65,81)(H,66,80)(H,67,83)(H,68,86)(H,69,78)(H,70,82)(H,71,84)(H,72,85)(H,88,89)/t30-,31-,36+,37+,38+,39+,40+,41+,42+,43+,44+,48+,49+/m1/s1. The molecule has 0 unspecified atom stereocenters. The van der Waals surface area contributed by atoms with Crippen molar-refractivity contribution in [3.05, 3.63) is 71.9 Å². The summed E-state index contributed by atoms with van der Waals surface area (Å²) in [6.07, 6.45) is -4.85. The first kappa shape index (κ1) is 68.8. The summed E-state index contributed by atoms with van der Waals surface area (Å²) in [4.78, 5) is 209. The molecular weight excluding hydrogens is 1190 g/mol. The number of aromatic amines is 1. The molecule has 3 fully saturated rings. The maximum atomic E-state index is 15.1. The number of H-pyrrole nitrogens is 1. The normalized spacial score (nSPS) is 27.6. The van der Waals surface area contributed by atoms with E-state index < -0.39 is 194 Å². The molecule has 4 aliphatic rings. The molecule has 11 amide bonds. The number of aliphatic hydroxyl groups is 1. The Hall–Kier alpha value is -9.65. The van der Waals surface area contributed by atoms with E-state index in [0.29, 0.717) is 22.0 Å². The topological polar surface area (TPSA) is 464 Å². The summed E-state index contributed by atoms with van der Waals surface area (Å²) in [5, 5.41) is 43.3. The van der Waals surface area contributed by atoms with Crippen molar-refractivity contribution in [1.82, 2.24) is 57.7 Å². The van der Waals surface area contributed by atoms with E-state index in [1.165, 1.54) is 18.0 Å². The van der Waals surface area contributed by atoms with Gasteiger partial charge in [0.2, 0.25) is 65.0 Å². The van der Waals surface area contributed by atoms with Gasteiger partial charge in [0.1, 0.15) is 79.2 Å². The Labute approximate surface area is 521 Å². The van der Waals surface area contributed by atoms with E-state index >= 15 is 4.79 Å². The predicted molar refractivity (Wildman–Crippen MR) is 319 cm³/mol. The van der Waals surface area contributed by atoms with E-state index in [9.17, 15) is 72.5 Å². The minimum Gasteiger partial charge on any atom is -0.480 e. The van der Waals surface area contributed by atoms with Crippen molar-refractivity contribution < 1.29 is 86.8 Å². The van der Waals surface area contributed by atoms with Crippen LogP contribution < -0.4 is 53.6 Å². The summed E-state index contributed by atoms with van der Waals surface area (Å²) < 4.78 is 11.2. The fraction of sp³-hybridized carbons (Fsp3) is 0.517. The number of esters is 2. The SMILES string of the molecule is CC(C)C[C@@H]1NC(=O)[C@@H](NC(=O)[C@@H](N)[C@@H](C)O)[C@@H](C)OC(=O)C[C@@H]2NC(=O)[C@@H]3COC(=O)C[C@H](NC(=O)[C@H](Cc4c[nH]c5ccccc45)NC2=O)C(=O)N[C@H](C(=O)O)CC(=O)N=CCCC[C@H](NC1=O)C(=O)N[C@@H](Cc1ccccc1)C(=O)N1CCC[C@H]1C(=O)N3. The monoisotopic (exact) mass is 1270 g/mol. The van der Waals surface area contributed by atoms with E-state index in [-0.39, 0.29) is 57.4 Å². The van der Waals surface area contributed by atoms with Gasteiger partial charge in [0.05, 0.1) is 25.4 Å². The van der Waals surface area contributed by atoms with Crippen molar-refractivity contribution in [3.63, 3.8) is 0 Å². The molecule has 2 aromatic carbocycles. The van der Waals surface area contributed by atoms with Crippen LogP contribution in [0.5, 0.6) is 0 Å². The van der Waals surface area contributed by atoms with Crippen LogP contribution in [0.4, 0.5) is 0 Å². The first-order valence-corrected chi connectivity index (χ1v) is 30.0. The van der Waals surface area contributed by atoms with E-state index in [1.807, 2.05) is 0 Å². The average Bonchev–Trinajstić information content (AvgIpc) is 2.15. The van der Waals surface area contributed by atoms with Gasteiger partial charge in [-0.25, -0.2) is 9.79 Å². The molecule has 0 radical (unpaired) electrons. The highest BCUT2D eigenvalue weighted by Gasteiger charge is 2.43. The number of para-hydroxylation sites is 1. The molecule has 91 heavy (non-hydrogen) atoms. The molecule has 13 atom stereocenters. The number of aromatic nitrogens is 1. The number of carboxylic acid groups (broad SMARTS) is 1. The largest absolute Gasteiger partial charge is 0.480 e. The summed E-state index contributed by atoms with van der Waals surface area (Å²) in [5.41, 5.74) is 7.48. The molecule has 4 bridgehead atoms. The average molecular weight is 1270 g/mol. The zero-order valence-corrected chi connectivity index (χ0v) is 50.5. The van der Waals surface area contributed by atoms with E-state index in [2.05, 4.69) is 57.8 Å². The van der Waals surface area contributed by atoms with Crippen LogP contribution in [-0.4, -0.2) is 201 Å². The third kappa shape index (κ3) is 18.9. The lowest BCUT2D eigenvalue weighted by Crippen LogP contribution is -2.62. The second-order valence-corrected chi connectivity index (χ2v) is 23.3. The number of amides is 11. The molecule has 14 N–H and O–H groups in total. The number of hydrogen-bond acceptors (Lipinski definition) is 18. The van der Waals surface area contributed by atoms with Crippen molar-refractivity contribution in [2.75, 3.05) is 13.2 Å². The third-order valence-electron chi connectivity index (χ3n) is 15.7. The lowest BCUT2D eigenvalue weighted by molar-refractivity contribution is -0.154.